The maximum Gasteiger partial charge on any atom is 0.338 e. The summed E-state index contributed by atoms with van der Waals surface area (Å²) in [6.07, 6.45) is 1.45. The topological polar surface area (TPSA) is 80.8 Å². The van der Waals surface area contributed by atoms with Crippen molar-refractivity contribution in [1.29, 1.82) is 0 Å². The molecule has 1 aliphatic rings. The average Bonchev–Trinajstić information content (AvgIpc) is 3.10. The van der Waals surface area contributed by atoms with Crippen LogP contribution in [0.1, 0.15) is 51.2 Å². The summed E-state index contributed by atoms with van der Waals surface area (Å²) in [5.74, 6) is -1.91. The number of fused-ring (bicyclic) bond motifs is 1. The number of amides is 2. The van der Waals surface area contributed by atoms with E-state index in [0.717, 1.165) is 14.7 Å². The third kappa shape index (κ3) is 3.46. The van der Waals surface area contributed by atoms with Gasteiger partial charge in [0.05, 0.1) is 16.7 Å². The quantitative estimate of drug-likeness (QED) is 0.331. The molecule has 0 fully saturated rings. The molecule has 0 spiro atoms. The molecule has 138 valence electrons. The van der Waals surface area contributed by atoms with E-state index in [9.17, 15) is 19.2 Å². The van der Waals surface area contributed by atoms with Gasteiger partial charge in [-0.2, -0.15) is 0 Å². The molecule has 0 bridgehead atoms. The number of hydrogen-bond donors (Lipinski definition) is 0. The molecule has 0 N–H and O–H groups in total. The first-order chi connectivity index (χ1) is 12.8. The fraction of sp³-hybridized carbons (Fsp3) is 0.200. The van der Waals surface area contributed by atoms with Crippen molar-refractivity contribution in [3.8, 4) is 0 Å². The largest absolute Gasteiger partial charge is 0.454 e. The first kappa shape index (κ1) is 18.7. The van der Waals surface area contributed by atoms with E-state index in [2.05, 4.69) is 6.58 Å². The SMILES string of the molecule is C=CCN1C(=O)c2ccc(C(=O)OCC(=O)c3cc(C)sc3C)cc2C1=O. The van der Waals surface area contributed by atoms with Gasteiger partial charge in [0.15, 0.2) is 6.61 Å². The van der Waals surface area contributed by atoms with Gasteiger partial charge < -0.3 is 4.74 Å². The molecule has 0 saturated carbocycles. The van der Waals surface area contributed by atoms with E-state index >= 15 is 0 Å². The molecular formula is C20H17NO5S. The molecule has 2 heterocycles. The molecule has 1 aliphatic heterocycles. The Morgan fingerprint density at radius 1 is 1.15 bits per heavy atom. The van der Waals surface area contributed by atoms with Gasteiger partial charge in [-0.3, -0.25) is 19.3 Å². The lowest BCUT2D eigenvalue weighted by Crippen LogP contribution is -2.29. The minimum Gasteiger partial charge on any atom is -0.454 e. The zero-order valence-electron chi connectivity index (χ0n) is 14.9. The van der Waals surface area contributed by atoms with Crippen molar-refractivity contribution in [2.45, 2.75) is 13.8 Å². The lowest BCUT2D eigenvalue weighted by atomic mass is 10.1. The van der Waals surface area contributed by atoms with Crippen molar-refractivity contribution in [2.75, 3.05) is 13.2 Å². The molecule has 7 heteroatoms. The molecule has 0 aliphatic carbocycles. The number of hydrogen-bond acceptors (Lipinski definition) is 6. The van der Waals surface area contributed by atoms with Crippen molar-refractivity contribution in [2.24, 2.45) is 0 Å². The number of ketones is 1. The van der Waals surface area contributed by atoms with Gasteiger partial charge in [0, 0.05) is 21.9 Å². The van der Waals surface area contributed by atoms with Gasteiger partial charge in [-0.05, 0) is 38.1 Å². The Kier molecular flexibility index (Phi) is 5.05. The molecule has 2 amide bonds. The van der Waals surface area contributed by atoms with E-state index in [1.165, 1.54) is 35.6 Å². The zero-order valence-corrected chi connectivity index (χ0v) is 15.7. The number of thiophene rings is 1. The Morgan fingerprint density at radius 3 is 2.48 bits per heavy atom. The third-order valence-corrected chi connectivity index (χ3v) is 5.16. The second-order valence-corrected chi connectivity index (χ2v) is 7.56. The van der Waals surface area contributed by atoms with E-state index in [0.29, 0.717) is 5.56 Å². The van der Waals surface area contributed by atoms with Crippen LogP contribution in [0.5, 0.6) is 0 Å². The maximum atomic E-state index is 12.3. The molecule has 0 unspecified atom stereocenters. The average molecular weight is 383 g/mol. The van der Waals surface area contributed by atoms with Crippen LogP contribution in [0.3, 0.4) is 0 Å². The molecule has 2 aromatic rings. The molecule has 27 heavy (non-hydrogen) atoms. The van der Waals surface area contributed by atoms with Crippen LogP contribution < -0.4 is 0 Å². The van der Waals surface area contributed by atoms with Crippen LogP contribution >= 0.6 is 11.3 Å². The maximum absolute atomic E-state index is 12.3. The lowest BCUT2D eigenvalue weighted by Gasteiger charge is -2.09. The van der Waals surface area contributed by atoms with Crippen molar-refractivity contribution in [3.05, 3.63) is 68.9 Å². The van der Waals surface area contributed by atoms with Gasteiger partial charge in [-0.1, -0.05) is 6.08 Å². The second kappa shape index (κ2) is 7.28. The number of nitrogens with zero attached hydrogens (tertiary/aromatic N) is 1. The highest BCUT2D eigenvalue weighted by atomic mass is 32.1. The van der Waals surface area contributed by atoms with Crippen LogP contribution in [-0.2, 0) is 4.74 Å². The second-order valence-electron chi connectivity index (χ2n) is 6.10. The number of benzene rings is 1. The summed E-state index contributed by atoms with van der Waals surface area (Å²) in [5, 5.41) is 0. The van der Waals surface area contributed by atoms with Gasteiger partial charge in [-0.25, -0.2) is 4.79 Å². The number of carbonyl (C=O) groups excluding carboxylic acids is 4. The van der Waals surface area contributed by atoms with Gasteiger partial charge in [0.1, 0.15) is 0 Å². The van der Waals surface area contributed by atoms with Gasteiger partial charge in [0.2, 0.25) is 5.78 Å². The van der Waals surface area contributed by atoms with Crippen LogP contribution in [-0.4, -0.2) is 41.6 Å². The summed E-state index contributed by atoms with van der Waals surface area (Å²) in [4.78, 5) is 51.9. The van der Waals surface area contributed by atoms with Crippen LogP contribution in [0.2, 0.25) is 0 Å². The van der Waals surface area contributed by atoms with Crippen LogP contribution in [0.25, 0.3) is 0 Å². The minimum absolute atomic E-state index is 0.0973. The summed E-state index contributed by atoms with van der Waals surface area (Å²) in [6.45, 7) is 6.97. The Labute approximate surface area is 160 Å². The number of carbonyl (C=O) groups is 4. The van der Waals surface area contributed by atoms with Crippen molar-refractivity contribution in [1.82, 2.24) is 4.90 Å². The van der Waals surface area contributed by atoms with E-state index in [4.69, 9.17) is 4.74 Å². The molecule has 1 aromatic heterocycles. The molecule has 0 atom stereocenters. The van der Waals surface area contributed by atoms with Crippen LogP contribution in [0.4, 0.5) is 0 Å². The van der Waals surface area contributed by atoms with E-state index < -0.39 is 17.8 Å². The summed E-state index contributed by atoms with van der Waals surface area (Å²) >= 11 is 1.50. The van der Waals surface area contributed by atoms with Crippen molar-refractivity contribution < 1.29 is 23.9 Å². The third-order valence-electron chi connectivity index (χ3n) is 4.19. The van der Waals surface area contributed by atoms with E-state index in [1.807, 2.05) is 13.8 Å². The highest BCUT2D eigenvalue weighted by molar-refractivity contribution is 7.12. The summed E-state index contributed by atoms with van der Waals surface area (Å²) in [6, 6.07) is 5.92. The first-order valence-electron chi connectivity index (χ1n) is 8.22. The monoisotopic (exact) mass is 383 g/mol. The highest BCUT2D eigenvalue weighted by Crippen LogP contribution is 2.25. The van der Waals surface area contributed by atoms with E-state index in [1.54, 1.807) is 6.07 Å². The molecular weight excluding hydrogens is 366 g/mol. The number of rotatable bonds is 6. The van der Waals surface area contributed by atoms with Crippen LogP contribution in [0.15, 0.2) is 36.9 Å². The number of aryl methyl sites for hydroxylation is 2. The highest BCUT2D eigenvalue weighted by Gasteiger charge is 2.35. The Hall–Kier alpha value is -3.06. The molecule has 6 nitrogen and oxygen atoms in total. The summed E-state index contributed by atoms with van der Waals surface area (Å²) < 4.78 is 5.09. The first-order valence-corrected chi connectivity index (χ1v) is 9.03. The minimum atomic E-state index is -0.724. The Balaban J connectivity index is 1.73. The number of Topliss-reactive ketones (excluding diaryl/α,β-unsaturated/α-hetero) is 1. The van der Waals surface area contributed by atoms with Gasteiger partial charge in [-0.15, -0.1) is 17.9 Å². The number of esters is 1. The molecule has 1 aromatic carbocycles. The predicted octanol–water partition coefficient (Wildman–Crippen LogP) is 3.19. The van der Waals surface area contributed by atoms with Gasteiger partial charge >= 0.3 is 5.97 Å². The summed E-state index contributed by atoms with van der Waals surface area (Å²) in [5.41, 5.74) is 1.03. The lowest BCUT2D eigenvalue weighted by molar-refractivity contribution is 0.0474. The fourth-order valence-electron chi connectivity index (χ4n) is 2.91. The van der Waals surface area contributed by atoms with Crippen LogP contribution in [0, 0.1) is 13.8 Å². The van der Waals surface area contributed by atoms with E-state index in [-0.39, 0.29) is 35.6 Å². The number of ether oxygens (including phenoxy) is 1. The summed E-state index contributed by atoms with van der Waals surface area (Å²) in [7, 11) is 0. The molecule has 3 rings (SSSR count). The van der Waals surface area contributed by atoms with Gasteiger partial charge in [0.25, 0.3) is 11.8 Å². The van der Waals surface area contributed by atoms with Crippen molar-refractivity contribution in [3.63, 3.8) is 0 Å². The fourth-order valence-corrected chi connectivity index (χ4v) is 3.85. The number of imide groups is 1. The zero-order chi connectivity index (χ0) is 19.7. The molecule has 0 radical (unpaired) electrons. The van der Waals surface area contributed by atoms with Crippen molar-refractivity contribution >= 4 is 34.9 Å². The Bertz CT molecular complexity index is 988. The standard InChI is InChI=1S/C20H17NO5S/c1-4-7-21-18(23)14-6-5-13(9-16(14)19(21)24)20(25)26-10-17(22)15-8-11(2)27-12(15)3/h4-6,8-9H,1,7,10H2,2-3H3. The molecule has 0 saturated heterocycles. The normalized spacial score (nSPS) is 12.9. The predicted molar refractivity (Wildman–Crippen MR) is 100 cm³/mol. The Morgan fingerprint density at radius 2 is 1.85 bits per heavy atom. The smallest absolute Gasteiger partial charge is 0.338 e.